The fourth-order valence-electron chi connectivity index (χ4n) is 3.81. The van der Waals surface area contributed by atoms with Crippen LogP contribution in [0.3, 0.4) is 0 Å². The smallest absolute Gasteiger partial charge is 0.257 e. The summed E-state index contributed by atoms with van der Waals surface area (Å²) in [7, 11) is 1.62. The van der Waals surface area contributed by atoms with Crippen molar-refractivity contribution in [2.75, 3.05) is 53.0 Å². The van der Waals surface area contributed by atoms with E-state index in [-0.39, 0.29) is 24.0 Å². The minimum absolute atomic E-state index is 0.0461. The highest BCUT2D eigenvalue weighted by Crippen LogP contribution is 2.22. The summed E-state index contributed by atoms with van der Waals surface area (Å²) in [6, 6.07) is 3.25. The van der Waals surface area contributed by atoms with E-state index >= 15 is 0 Å². The molecule has 2 aromatic rings. The third-order valence-electron chi connectivity index (χ3n) is 5.52. The highest BCUT2D eigenvalue weighted by molar-refractivity contribution is 5.96. The molecule has 1 fully saturated rings. The molecule has 0 unspecified atom stereocenters. The fourth-order valence-corrected chi connectivity index (χ4v) is 3.81. The summed E-state index contributed by atoms with van der Waals surface area (Å²) in [6.07, 6.45) is 0.763. The predicted octanol–water partition coefficient (Wildman–Crippen LogP) is 1.68. The molecule has 1 aliphatic heterocycles. The summed E-state index contributed by atoms with van der Waals surface area (Å²) in [4.78, 5) is 28.9. The van der Waals surface area contributed by atoms with Crippen LogP contribution in [-0.2, 0) is 9.53 Å². The van der Waals surface area contributed by atoms with Crippen LogP contribution in [0.5, 0.6) is 0 Å². The normalized spacial score (nSPS) is 14.6. The Labute approximate surface area is 186 Å². The zero-order valence-corrected chi connectivity index (χ0v) is 18.7. The first-order chi connectivity index (χ1) is 15.3. The summed E-state index contributed by atoms with van der Waals surface area (Å²) in [5, 5.41) is 7.18. The Hall–Kier alpha value is -2.85. The number of ether oxygens (including phenoxy) is 1. The minimum atomic E-state index is -0.747. The molecule has 1 aliphatic rings. The number of carbonyl (C=O) groups is 2. The molecular formula is C22H29F2N5O3. The molecule has 10 heteroatoms. The molecule has 1 aromatic heterocycles. The molecule has 0 spiro atoms. The highest BCUT2D eigenvalue weighted by Gasteiger charge is 2.28. The Kier molecular flexibility index (Phi) is 7.92. The SMILES string of the molecule is COCCCNC(=O)CN1CCN(C(=O)c2c(C)nn(-c3ccc(F)cc3F)c2C)CC1. The van der Waals surface area contributed by atoms with Gasteiger partial charge in [-0.2, -0.15) is 5.10 Å². The Balaban J connectivity index is 1.61. The molecule has 1 aromatic carbocycles. The molecular weight excluding hydrogens is 420 g/mol. The molecule has 0 saturated carbocycles. The highest BCUT2D eigenvalue weighted by atomic mass is 19.1. The van der Waals surface area contributed by atoms with Crippen LogP contribution in [0.1, 0.15) is 28.2 Å². The van der Waals surface area contributed by atoms with E-state index in [0.29, 0.717) is 56.3 Å². The maximum Gasteiger partial charge on any atom is 0.257 e. The number of aryl methyl sites for hydroxylation is 1. The van der Waals surface area contributed by atoms with Gasteiger partial charge in [-0.3, -0.25) is 14.5 Å². The second kappa shape index (κ2) is 10.6. The Bertz CT molecular complexity index is 971. The zero-order chi connectivity index (χ0) is 23.3. The summed E-state index contributed by atoms with van der Waals surface area (Å²) in [5.41, 5.74) is 1.48. The molecule has 0 bridgehead atoms. The topological polar surface area (TPSA) is 79.7 Å². The van der Waals surface area contributed by atoms with Crippen LogP contribution >= 0.6 is 0 Å². The predicted molar refractivity (Wildman–Crippen MR) is 115 cm³/mol. The van der Waals surface area contributed by atoms with Gasteiger partial charge in [-0.15, -0.1) is 0 Å². The number of halogens is 2. The lowest BCUT2D eigenvalue weighted by molar-refractivity contribution is -0.122. The number of rotatable bonds is 8. The third-order valence-corrected chi connectivity index (χ3v) is 5.52. The van der Waals surface area contributed by atoms with E-state index in [1.54, 1.807) is 25.9 Å². The Morgan fingerprint density at radius 2 is 1.88 bits per heavy atom. The summed E-state index contributed by atoms with van der Waals surface area (Å²) >= 11 is 0. The third kappa shape index (κ3) is 5.49. The molecule has 3 rings (SSSR count). The van der Waals surface area contributed by atoms with Gasteiger partial charge in [0.15, 0.2) is 5.82 Å². The van der Waals surface area contributed by atoms with E-state index in [2.05, 4.69) is 10.4 Å². The molecule has 32 heavy (non-hydrogen) atoms. The molecule has 0 aliphatic carbocycles. The van der Waals surface area contributed by atoms with Gasteiger partial charge in [0.05, 0.1) is 23.5 Å². The lowest BCUT2D eigenvalue weighted by Gasteiger charge is -2.34. The average Bonchev–Trinajstić information content (AvgIpc) is 3.05. The van der Waals surface area contributed by atoms with Crippen LogP contribution in [0, 0.1) is 25.5 Å². The monoisotopic (exact) mass is 449 g/mol. The minimum Gasteiger partial charge on any atom is -0.385 e. The van der Waals surface area contributed by atoms with Crippen molar-refractivity contribution >= 4 is 11.8 Å². The van der Waals surface area contributed by atoms with E-state index in [1.165, 1.54) is 10.7 Å². The number of amides is 2. The first-order valence-electron chi connectivity index (χ1n) is 10.6. The number of hydrogen-bond donors (Lipinski definition) is 1. The first-order valence-corrected chi connectivity index (χ1v) is 10.6. The van der Waals surface area contributed by atoms with Crippen molar-refractivity contribution in [3.63, 3.8) is 0 Å². The number of nitrogens with zero attached hydrogens (tertiary/aromatic N) is 4. The van der Waals surface area contributed by atoms with Crippen molar-refractivity contribution < 1.29 is 23.1 Å². The average molecular weight is 450 g/mol. The van der Waals surface area contributed by atoms with Crippen LogP contribution in [0.2, 0.25) is 0 Å². The second-order valence-electron chi connectivity index (χ2n) is 7.82. The maximum absolute atomic E-state index is 14.2. The van der Waals surface area contributed by atoms with Crippen LogP contribution < -0.4 is 5.32 Å². The second-order valence-corrected chi connectivity index (χ2v) is 7.82. The standard InChI is InChI=1S/C22H29F2N5O3/c1-15-21(16(2)29(26-15)19-6-5-17(23)13-18(19)24)22(31)28-10-8-27(9-11-28)14-20(30)25-7-4-12-32-3/h5-6,13H,4,7-12,14H2,1-3H3,(H,25,30). The molecule has 2 amide bonds. The van der Waals surface area contributed by atoms with Crippen molar-refractivity contribution in [2.45, 2.75) is 20.3 Å². The summed E-state index contributed by atoms with van der Waals surface area (Å²) in [5.74, 6) is -1.65. The van der Waals surface area contributed by atoms with Crippen molar-refractivity contribution in [3.8, 4) is 5.69 Å². The van der Waals surface area contributed by atoms with Gasteiger partial charge in [0, 0.05) is 52.5 Å². The van der Waals surface area contributed by atoms with Gasteiger partial charge in [0.2, 0.25) is 5.91 Å². The lowest BCUT2D eigenvalue weighted by atomic mass is 10.1. The van der Waals surface area contributed by atoms with Crippen molar-refractivity contribution in [1.82, 2.24) is 24.9 Å². The van der Waals surface area contributed by atoms with E-state index in [9.17, 15) is 18.4 Å². The van der Waals surface area contributed by atoms with Crippen LogP contribution in [0.25, 0.3) is 5.69 Å². The van der Waals surface area contributed by atoms with E-state index in [1.807, 2.05) is 4.90 Å². The first kappa shape index (κ1) is 23.8. The Morgan fingerprint density at radius 1 is 1.16 bits per heavy atom. The summed E-state index contributed by atoms with van der Waals surface area (Å²) < 4.78 is 33.8. The van der Waals surface area contributed by atoms with E-state index in [0.717, 1.165) is 18.6 Å². The van der Waals surface area contributed by atoms with Gasteiger partial charge in [-0.1, -0.05) is 0 Å². The molecule has 8 nitrogen and oxygen atoms in total. The quantitative estimate of drug-likeness (QED) is 0.621. The number of hydrogen-bond acceptors (Lipinski definition) is 5. The van der Waals surface area contributed by atoms with Crippen molar-refractivity contribution in [3.05, 3.63) is 46.8 Å². The van der Waals surface area contributed by atoms with Crippen LogP contribution in [0.4, 0.5) is 8.78 Å². The molecule has 1 N–H and O–H groups in total. The molecule has 174 valence electrons. The van der Waals surface area contributed by atoms with Gasteiger partial charge < -0.3 is 15.0 Å². The summed E-state index contributed by atoms with van der Waals surface area (Å²) in [6.45, 7) is 6.96. The van der Waals surface area contributed by atoms with Crippen LogP contribution in [-0.4, -0.2) is 84.4 Å². The molecule has 0 radical (unpaired) electrons. The number of carbonyl (C=O) groups excluding carboxylic acids is 2. The van der Waals surface area contributed by atoms with E-state index < -0.39 is 11.6 Å². The molecule has 0 atom stereocenters. The van der Waals surface area contributed by atoms with Gasteiger partial charge in [0.1, 0.15) is 11.5 Å². The van der Waals surface area contributed by atoms with Crippen molar-refractivity contribution in [2.24, 2.45) is 0 Å². The molecule has 1 saturated heterocycles. The Morgan fingerprint density at radius 3 is 2.53 bits per heavy atom. The zero-order valence-electron chi connectivity index (χ0n) is 18.7. The number of nitrogens with one attached hydrogen (secondary N) is 1. The van der Waals surface area contributed by atoms with Gasteiger partial charge >= 0.3 is 0 Å². The number of benzene rings is 1. The number of piperazine rings is 1. The van der Waals surface area contributed by atoms with Crippen molar-refractivity contribution in [1.29, 1.82) is 0 Å². The lowest BCUT2D eigenvalue weighted by Crippen LogP contribution is -2.51. The van der Waals surface area contributed by atoms with Gasteiger partial charge in [-0.05, 0) is 32.4 Å². The van der Waals surface area contributed by atoms with Gasteiger partial charge in [-0.25, -0.2) is 13.5 Å². The molecule has 2 heterocycles. The number of aromatic nitrogens is 2. The fraction of sp³-hybridized carbons (Fsp3) is 0.500. The van der Waals surface area contributed by atoms with E-state index in [4.69, 9.17) is 4.74 Å². The number of methoxy groups -OCH3 is 1. The van der Waals surface area contributed by atoms with Gasteiger partial charge in [0.25, 0.3) is 5.91 Å². The van der Waals surface area contributed by atoms with Crippen LogP contribution in [0.15, 0.2) is 18.2 Å². The maximum atomic E-state index is 14.2. The largest absolute Gasteiger partial charge is 0.385 e.